The van der Waals surface area contributed by atoms with Crippen molar-refractivity contribution in [1.29, 1.82) is 0 Å². The van der Waals surface area contributed by atoms with Crippen LogP contribution >= 0.6 is 11.6 Å². The lowest BCUT2D eigenvalue weighted by Crippen LogP contribution is -2.05. The Morgan fingerprint density at radius 3 is 2.31 bits per heavy atom. The van der Waals surface area contributed by atoms with Gasteiger partial charge in [-0.2, -0.15) is 13.2 Å². The molecule has 0 fully saturated rings. The molecule has 0 aromatic heterocycles. The molecule has 1 rings (SSSR count). The third kappa shape index (κ3) is 2.50. The average Bonchev–Trinajstić information content (AvgIpc) is 2.01. The molecule has 0 aliphatic rings. The Bertz CT molecular complexity index is 313. The molecule has 72 valence electrons. The minimum absolute atomic E-state index is 0.0913. The zero-order chi connectivity index (χ0) is 10.1. The van der Waals surface area contributed by atoms with E-state index in [9.17, 15) is 13.2 Å². The van der Waals surface area contributed by atoms with Gasteiger partial charge in [0.15, 0.2) is 0 Å². The van der Waals surface area contributed by atoms with E-state index >= 15 is 0 Å². The quantitative estimate of drug-likeness (QED) is 0.700. The molecule has 0 spiro atoms. The Hall–Kier alpha value is -0.940. The average molecular weight is 212 g/mol. The molecule has 0 aliphatic carbocycles. The minimum atomic E-state index is -4.46. The molecule has 1 aromatic rings. The van der Waals surface area contributed by atoms with Crippen molar-refractivity contribution in [2.45, 2.75) is 6.18 Å². The van der Waals surface area contributed by atoms with E-state index in [0.29, 0.717) is 0 Å². The van der Waals surface area contributed by atoms with Crippen LogP contribution in [0.15, 0.2) is 18.2 Å². The van der Waals surface area contributed by atoms with Crippen LogP contribution in [0.3, 0.4) is 0 Å². The number of hydrogen-bond acceptors (Lipinski definition) is 2. The molecule has 0 heterocycles. The SMILES string of the molecule is ONc1cc(Cl)cc(C(F)(F)F)c1. The maximum atomic E-state index is 12.1. The molecule has 6 heteroatoms. The third-order valence-electron chi connectivity index (χ3n) is 1.35. The summed E-state index contributed by atoms with van der Waals surface area (Å²) >= 11 is 5.38. The van der Waals surface area contributed by atoms with E-state index in [2.05, 4.69) is 0 Å². The smallest absolute Gasteiger partial charge is 0.291 e. The van der Waals surface area contributed by atoms with E-state index < -0.39 is 11.7 Å². The topological polar surface area (TPSA) is 32.3 Å². The second kappa shape index (κ2) is 3.43. The number of benzene rings is 1. The fourth-order valence-electron chi connectivity index (χ4n) is 0.818. The van der Waals surface area contributed by atoms with Gasteiger partial charge in [0.2, 0.25) is 0 Å². The molecule has 0 saturated heterocycles. The van der Waals surface area contributed by atoms with E-state index in [4.69, 9.17) is 16.8 Å². The zero-order valence-electron chi connectivity index (χ0n) is 6.19. The van der Waals surface area contributed by atoms with Gasteiger partial charge in [0, 0.05) is 5.02 Å². The molecule has 0 saturated carbocycles. The fourth-order valence-corrected chi connectivity index (χ4v) is 1.05. The fraction of sp³-hybridized carbons (Fsp3) is 0.143. The van der Waals surface area contributed by atoms with Crippen molar-refractivity contribution in [2.24, 2.45) is 0 Å². The van der Waals surface area contributed by atoms with E-state index in [1.54, 1.807) is 5.48 Å². The van der Waals surface area contributed by atoms with Gasteiger partial charge < -0.3 is 0 Å². The number of anilines is 1. The molecule has 0 bridgehead atoms. The van der Waals surface area contributed by atoms with Gasteiger partial charge in [-0.15, -0.1) is 0 Å². The molecular weight excluding hydrogens is 207 g/mol. The summed E-state index contributed by atoms with van der Waals surface area (Å²) in [6.45, 7) is 0. The summed E-state index contributed by atoms with van der Waals surface area (Å²) < 4.78 is 36.3. The van der Waals surface area contributed by atoms with Gasteiger partial charge >= 0.3 is 6.18 Å². The standard InChI is InChI=1S/C7H5ClF3NO/c8-5-1-4(7(9,10)11)2-6(3-5)12-13/h1-3,12-13H. The van der Waals surface area contributed by atoms with Crippen LogP contribution < -0.4 is 5.48 Å². The summed E-state index contributed by atoms with van der Waals surface area (Å²) in [5.74, 6) is 0. The number of hydrogen-bond donors (Lipinski definition) is 2. The van der Waals surface area contributed by atoms with Crippen molar-refractivity contribution in [3.8, 4) is 0 Å². The van der Waals surface area contributed by atoms with Crippen molar-refractivity contribution in [1.82, 2.24) is 0 Å². The van der Waals surface area contributed by atoms with E-state index in [0.717, 1.165) is 12.1 Å². The van der Waals surface area contributed by atoms with Crippen LogP contribution in [-0.4, -0.2) is 5.21 Å². The van der Waals surface area contributed by atoms with Gasteiger partial charge in [-0.25, -0.2) is 0 Å². The summed E-state index contributed by atoms with van der Waals surface area (Å²) in [5.41, 5.74) is 0.592. The minimum Gasteiger partial charge on any atom is -0.291 e. The highest BCUT2D eigenvalue weighted by Crippen LogP contribution is 2.32. The lowest BCUT2D eigenvalue weighted by Gasteiger charge is -2.08. The number of rotatable bonds is 1. The van der Waals surface area contributed by atoms with Crippen molar-refractivity contribution >= 4 is 17.3 Å². The van der Waals surface area contributed by atoms with Gasteiger partial charge in [-0.1, -0.05) is 11.6 Å². The lowest BCUT2D eigenvalue weighted by atomic mass is 10.2. The van der Waals surface area contributed by atoms with Gasteiger partial charge in [0.1, 0.15) is 0 Å². The first-order valence-electron chi connectivity index (χ1n) is 3.21. The monoisotopic (exact) mass is 211 g/mol. The van der Waals surface area contributed by atoms with Crippen LogP contribution in [0.5, 0.6) is 0 Å². The molecule has 13 heavy (non-hydrogen) atoms. The lowest BCUT2D eigenvalue weighted by molar-refractivity contribution is -0.137. The summed E-state index contributed by atoms with van der Waals surface area (Å²) in [5, 5.41) is 8.28. The molecule has 2 nitrogen and oxygen atoms in total. The second-order valence-corrected chi connectivity index (χ2v) is 2.77. The van der Waals surface area contributed by atoms with E-state index in [1.807, 2.05) is 0 Å². The Morgan fingerprint density at radius 2 is 1.85 bits per heavy atom. The van der Waals surface area contributed by atoms with E-state index in [-0.39, 0.29) is 10.7 Å². The predicted octanol–water partition coefficient (Wildman–Crippen LogP) is 3.16. The highest BCUT2D eigenvalue weighted by Gasteiger charge is 2.31. The Morgan fingerprint density at radius 1 is 1.23 bits per heavy atom. The van der Waals surface area contributed by atoms with E-state index in [1.165, 1.54) is 6.07 Å². The maximum Gasteiger partial charge on any atom is 0.416 e. The van der Waals surface area contributed by atoms with Crippen molar-refractivity contribution in [2.75, 3.05) is 5.48 Å². The third-order valence-corrected chi connectivity index (χ3v) is 1.57. The van der Waals surface area contributed by atoms with Crippen molar-refractivity contribution < 1.29 is 18.4 Å². The van der Waals surface area contributed by atoms with Gasteiger partial charge in [0.25, 0.3) is 0 Å². The summed E-state index contributed by atoms with van der Waals surface area (Å²) in [7, 11) is 0. The van der Waals surface area contributed by atoms with Gasteiger partial charge in [0.05, 0.1) is 11.3 Å². The molecule has 2 N–H and O–H groups in total. The molecule has 0 radical (unpaired) electrons. The Labute approximate surface area is 76.9 Å². The van der Waals surface area contributed by atoms with Crippen molar-refractivity contribution in [3.63, 3.8) is 0 Å². The van der Waals surface area contributed by atoms with Crippen molar-refractivity contribution in [3.05, 3.63) is 28.8 Å². The summed E-state index contributed by atoms with van der Waals surface area (Å²) in [6, 6.07) is 2.71. The first-order chi connectivity index (χ1) is 5.93. The van der Waals surface area contributed by atoms with Gasteiger partial charge in [-0.3, -0.25) is 10.7 Å². The van der Waals surface area contributed by atoms with Crippen LogP contribution in [0.4, 0.5) is 18.9 Å². The highest BCUT2D eigenvalue weighted by atomic mass is 35.5. The van der Waals surface area contributed by atoms with Crippen LogP contribution in [0, 0.1) is 0 Å². The summed E-state index contributed by atoms with van der Waals surface area (Å²) in [4.78, 5) is 0. The molecule has 0 amide bonds. The second-order valence-electron chi connectivity index (χ2n) is 2.34. The van der Waals surface area contributed by atoms with Crippen LogP contribution in [0.2, 0.25) is 5.02 Å². The zero-order valence-corrected chi connectivity index (χ0v) is 6.95. The number of alkyl halides is 3. The largest absolute Gasteiger partial charge is 0.416 e. The first kappa shape index (κ1) is 10.1. The van der Waals surface area contributed by atoms with Gasteiger partial charge in [-0.05, 0) is 18.2 Å². The molecule has 1 aromatic carbocycles. The Kier molecular flexibility index (Phi) is 2.68. The molecule has 0 unspecified atom stereocenters. The highest BCUT2D eigenvalue weighted by molar-refractivity contribution is 6.30. The van der Waals surface area contributed by atoms with Crippen LogP contribution in [-0.2, 0) is 6.18 Å². The molecule has 0 aliphatic heterocycles. The predicted molar refractivity (Wildman–Crippen MR) is 41.9 cm³/mol. The Balaban J connectivity index is 3.16. The number of halogens is 4. The van der Waals surface area contributed by atoms with Crippen LogP contribution in [0.25, 0.3) is 0 Å². The summed E-state index contributed by atoms with van der Waals surface area (Å²) in [6.07, 6.45) is -4.46. The van der Waals surface area contributed by atoms with Crippen LogP contribution in [0.1, 0.15) is 5.56 Å². The maximum absolute atomic E-state index is 12.1. The first-order valence-corrected chi connectivity index (χ1v) is 3.59. The normalized spacial score (nSPS) is 11.5. The molecular formula is C7H5ClF3NO. The number of nitrogens with one attached hydrogen (secondary N) is 1. The molecule has 0 atom stereocenters.